The van der Waals surface area contributed by atoms with E-state index >= 15 is 0 Å². The predicted molar refractivity (Wildman–Crippen MR) is 71.1 cm³/mol. The number of amides is 1. The third-order valence-corrected chi connectivity index (χ3v) is 2.50. The van der Waals surface area contributed by atoms with Gasteiger partial charge >= 0.3 is 5.69 Å². The summed E-state index contributed by atoms with van der Waals surface area (Å²) < 4.78 is 1.12. The Labute approximate surface area is 107 Å². The van der Waals surface area contributed by atoms with Crippen molar-refractivity contribution in [3.05, 3.63) is 56.9 Å². The van der Waals surface area contributed by atoms with Crippen LogP contribution < -0.4 is 22.3 Å². The highest BCUT2D eigenvalue weighted by molar-refractivity contribution is 6.03. The summed E-state index contributed by atoms with van der Waals surface area (Å²) in [7, 11) is 1.44. The molecule has 0 bridgehead atoms. The highest BCUT2D eigenvalue weighted by Gasteiger charge is 2.12. The lowest BCUT2D eigenvalue weighted by molar-refractivity contribution is 0.102. The molecule has 1 aromatic heterocycles. The number of hydrogen-bond acceptors (Lipinski definition) is 4. The van der Waals surface area contributed by atoms with Crippen molar-refractivity contribution in [1.82, 2.24) is 9.55 Å². The molecule has 98 valence electrons. The number of carbonyl (C=O) groups excluding carboxylic acids is 1. The molecule has 1 heterocycles. The van der Waals surface area contributed by atoms with Crippen LogP contribution in [0.15, 0.2) is 40.1 Å². The number of H-pyrrole nitrogens is 1. The van der Waals surface area contributed by atoms with Gasteiger partial charge in [-0.3, -0.25) is 14.6 Å². The smallest absolute Gasteiger partial charge is 0.328 e. The number of aromatic amines is 1. The summed E-state index contributed by atoms with van der Waals surface area (Å²) in [6.45, 7) is 0. The van der Waals surface area contributed by atoms with Gasteiger partial charge in [0, 0.05) is 24.6 Å². The van der Waals surface area contributed by atoms with Crippen molar-refractivity contribution < 1.29 is 4.79 Å². The lowest BCUT2D eigenvalue weighted by Crippen LogP contribution is -2.33. The molecular weight excluding hydrogens is 248 g/mol. The molecular formula is C12H12N4O3. The van der Waals surface area contributed by atoms with Crippen molar-refractivity contribution in [2.24, 2.45) is 7.05 Å². The first kappa shape index (κ1) is 12.6. The van der Waals surface area contributed by atoms with Gasteiger partial charge in [0.25, 0.3) is 11.5 Å². The fraction of sp³-hybridized carbons (Fsp3) is 0.0833. The summed E-state index contributed by atoms with van der Waals surface area (Å²) in [5.41, 5.74) is 5.09. The third-order valence-electron chi connectivity index (χ3n) is 2.50. The molecule has 7 nitrogen and oxygen atoms in total. The first-order chi connectivity index (χ1) is 8.97. The third kappa shape index (κ3) is 2.71. The first-order valence-corrected chi connectivity index (χ1v) is 5.44. The van der Waals surface area contributed by atoms with Gasteiger partial charge in [0.2, 0.25) is 0 Å². The number of nitrogens with zero attached hydrogens (tertiary/aromatic N) is 1. The number of anilines is 2. The predicted octanol–water partition coefficient (Wildman–Crippen LogP) is -0.0919. The number of aromatic nitrogens is 2. The molecule has 4 N–H and O–H groups in total. The summed E-state index contributed by atoms with van der Waals surface area (Å²) in [6.07, 6.45) is 1.18. The molecule has 7 heteroatoms. The zero-order valence-electron chi connectivity index (χ0n) is 10.1. The van der Waals surface area contributed by atoms with E-state index in [-0.39, 0.29) is 5.56 Å². The fourth-order valence-corrected chi connectivity index (χ4v) is 1.54. The summed E-state index contributed by atoms with van der Waals surface area (Å²) in [6, 6.07) is 6.56. The molecule has 0 saturated heterocycles. The highest BCUT2D eigenvalue weighted by Crippen LogP contribution is 2.12. The maximum atomic E-state index is 11.9. The van der Waals surface area contributed by atoms with Crippen molar-refractivity contribution in [2.75, 3.05) is 11.1 Å². The van der Waals surface area contributed by atoms with Gasteiger partial charge in [-0.25, -0.2) is 4.79 Å². The maximum Gasteiger partial charge on any atom is 0.328 e. The number of aryl methyl sites for hydroxylation is 1. The number of benzene rings is 1. The second-order valence-corrected chi connectivity index (χ2v) is 3.99. The van der Waals surface area contributed by atoms with E-state index in [1.807, 2.05) is 0 Å². The molecule has 0 radical (unpaired) electrons. The second-order valence-electron chi connectivity index (χ2n) is 3.99. The zero-order chi connectivity index (χ0) is 14.0. The van der Waals surface area contributed by atoms with Gasteiger partial charge < -0.3 is 15.6 Å². The Kier molecular flexibility index (Phi) is 3.19. The van der Waals surface area contributed by atoms with Gasteiger partial charge in [-0.05, 0) is 18.2 Å². The van der Waals surface area contributed by atoms with Gasteiger partial charge in [0.05, 0.1) is 0 Å². The molecule has 2 aromatic rings. The van der Waals surface area contributed by atoms with Crippen molar-refractivity contribution in [1.29, 1.82) is 0 Å². The molecule has 0 unspecified atom stereocenters. The molecule has 0 aliphatic carbocycles. The second kappa shape index (κ2) is 4.81. The van der Waals surface area contributed by atoms with Crippen LogP contribution >= 0.6 is 0 Å². The number of rotatable bonds is 2. The summed E-state index contributed by atoms with van der Waals surface area (Å²) in [4.78, 5) is 36.7. The Hall–Kier alpha value is -2.83. The summed E-state index contributed by atoms with van der Waals surface area (Å²) >= 11 is 0. The number of nitrogens with two attached hydrogens (primary N) is 1. The van der Waals surface area contributed by atoms with E-state index in [1.165, 1.54) is 13.2 Å². The molecule has 19 heavy (non-hydrogen) atoms. The minimum atomic E-state index is -0.732. The van der Waals surface area contributed by atoms with Crippen molar-refractivity contribution in [3.63, 3.8) is 0 Å². The molecule has 2 rings (SSSR count). The van der Waals surface area contributed by atoms with Gasteiger partial charge in [-0.2, -0.15) is 0 Å². The SMILES string of the molecule is Cn1cc(C(=O)Nc2cccc(N)c2)c(=O)[nH]c1=O. The van der Waals surface area contributed by atoms with Gasteiger partial charge in [0.15, 0.2) is 0 Å². The molecule has 0 fully saturated rings. The molecule has 0 aliphatic rings. The molecule has 1 amide bonds. The maximum absolute atomic E-state index is 11.9. The molecule has 0 atom stereocenters. The normalized spacial score (nSPS) is 10.2. The van der Waals surface area contributed by atoms with E-state index < -0.39 is 17.2 Å². The van der Waals surface area contributed by atoms with Crippen LogP contribution in [0.2, 0.25) is 0 Å². The Morgan fingerprint density at radius 2 is 2.11 bits per heavy atom. The Balaban J connectivity index is 2.33. The zero-order valence-corrected chi connectivity index (χ0v) is 10.1. The van der Waals surface area contributed by atoms with Gasteiger partial charge in [-0.15, -0.1) is 0 Å². The van der Waals surface area contributed by atoms with Crippen LogP contribution in [0.3, 0.4) is 0 Å². The van der Waals surface area contributed by atoms with Crippen LogP contribution in [0.4, 0.5) is 11.4 Å². The highest BCUT2D eigenvalue weighted by atomic mass is 16.2. The minimum Gasteiger partial charge on any atom is -0.399 e. The molecule has 0 saturated carbocycles. The van der Waals surface area contributed by atoms with E-state index in [9.17, 15) is 14.4 Å². The van der Waals surface area contributed by atoms with Crippen LogP contribution in [0.1, 0.15) is 10.4 Å². The fourth-order valence-electron chi connectivity index (χ4n) is 1.54. The monoisotopic (exact) mass is 260 g/mol. The van der Waals surface area contributed by atoms with Crippen LogP contribution in [-0.4, -0.2) is 15.5 Å². The summed E-state index contributed by atoms with van der Waals surface area (Å²) in [5, 5.41) is 2.53. The molecule has 1 aromatic carbocycles. The van der Waals surface area contributed by atoms with Crippen molar-refractivity contribution >= 4 is 17.3 Å². The van der Waals surface area contributed by atoms with Crippen molar-refractivity contribution in [3.8, 4) is 0 Å². The lowest BCUT2D eigenvalue weighted by Gasteiger charge is -2.06. The van der Waals surface area contributed by atoms with E-state index in [0.717, 1.165) is 4.57 Å². The summed E-state index contributed by atoms with van der Waals surface area (Å²) in [5.74, 6) is -0.609. The number of nitrogens with one attached hydrogen (secondary N) is 2. The lowest BCUT2D eigenvalue weighted by atomic mass is 10.2. The average molecular weight is 260 g/mol. The quantitative estimate of drug-likeness (QED) is 0.655. The Morgan fingerprint density at radius 3 is 2.79 bits per heavy atom. The Bertz CT molecular complexity index is 745. The van der Waals surface area contributed by atoms with Crippen LogP contribution in [0.5, 0.6) is 0 Å². The number of hydrogen-bond donors (Lipinski definition) is 3. The first-order valence-electron chi connectivity index (χ1n) is 5.44. The van der Waals surface area contributed by atoms with Crippen molar-refractivity contribution in [2.45, 2.75) is 0 Å². The Morgan fingerprint density at radius 1 is 1.37 bits per heavy atom. The van der Waals surface area contributed by atoms with E-state index in [2.05, 4.69) is 10.3 Å². The van der Waals surface area contributed by atoms with E-state index in [1.54, 1.807) is 24.3 Å². The van der Waals surface area contributed by atoms with Gasteiger partial charge in [-0.1, -0.05) is 6.07 Å². The van der Waals surface area contributed by atoms with Crippen LogP contribution in [0, 0.1) is 0 Å². The number of nitrogen functional groups attached to an aromatic ring is 1. The van der Waals surface area contributed by atoms with Crippen LogP contribution in [-0.2, 0) is 7.05 Å². The van der Waals surface area contributed by atoms with Crippen LogP contribution in [0.25, 0.3) is 0 Å². The topological polar surface area (TPSA) is 110 Å². The van der Waals surface area contributed by atoms with Gasteiger partial charge in [0.1, 0.15) is 5.56 Å². The standard InChI is InChI=1S/C12H12N4O3/c1-16-6-9(11(18)15-12(16)19)10(17)14-8-4-2-3-7(13)5-8/h2-6H,13H2,1H3,(H,14,17)(H,15,18,19). The largest absolute Gasteiger partial charge is 0.399 e. The minimum absolute atomic E-state index is 0.149. The van der Waals surface area contributed by atoms with E-state index in [0.29, 0.717) is 11.4 Å². The number of carbonyl (C=O) groups is 1. The average Bonchev–Trinajstić information content (AvgIpc) is 2.33. The molecule has 0 aliphatic heterocycles. The van der Waals surface area contributed by atoms with E-state index in [4.69, 9.17) is 5.73 Å². The molecule has 0 spiro atoms.